The molecular formula is C35H26ClN5O5S. The van der Waals surface area contributed by atoms with E-state index in [1.165, 1.54) is 36.4 Å². The molecule has 1 aromatic heterocycles. The number of rotatable bonds is 9. The maximum atomic E-state index is 13.5. The Kier molecular flexibility index (Phi) is 9.71. The van der Waals surface area contributed by atoms with E-state index in [0.29, 0.717) is 21.7 Å². The number of halogens is 1. The van der Waals surface area contributed by atoms with Crippen molar-refractivity contribution in [3.8, 4) is 23.3 Å². The molecule has 0 aliphatic carbocycles. The first-order valence-electron chi connectivity index (χ1n) is 14.4. The lowest BCUT2D eigenvalue weighted by Gasteiger charge is -2.17. The average Bonchev–Trinajstić information content (AvgIpc) is 3.35. The van der Waals surface area contributed by atoms with Crippen LogP contribution in [0.25, 0.3) is 11.1 Å². The molecule has 0 bridgehead atoms. The zero-order valence-electron chi connectivity index (χ0n) is 25.2. The smallest absolute Gasteiger partial charge is 0.338 e. The van der Waals surface area contributed by atoms with Crippen molar-refractivity contribution in [2.24, 2.45) is 0 Å². The molecule has 12 heteroatoms. The maximum absolute atomic E-state index is 13.5. The van der Waals surface area contributed by atoms with Crippen LogP contribution in [0, 0.1) is 22.7 Å². The number of hydrogen-bond acceptors (Lipinski definition) is 10. The summed E-state index contributed by atoms with van der Waals surface area (Å²) in [5.74, 6) is -2.00. The van der Waals surface area contributed by atoms with Crippen molar-refractivity contribution < 1.29 is 23.9 Å². The van der Waals surface area contributed by atoms with E-state index in [1.807, 2.05) is 30.3 Å². The van der Waals surface area contributed by atoms with E-state index >= 15 is 0 Å². The van der Waals surface area contributed by atoms with Crippen LogP contribution in [0.5, 0.6) is 0 Å². The van der Waals surface area contributed by atoms with Crippen LogP contribution in [0.4, 0.5) is 11.5 Å². The van der Waals surface area contributed by atoms with Gasteiger partial charge in [-0.1, -0.05) is 61.5 Å². The van der Waals surface area contributed by atoms with Gasteiger partial charge in [0.25, 0.3) is 0 Å². The van der Waals surface area contributed by atoms with Gasteiger partial charge in [-0.25, -0.2) is 14.7 Å². The average molecular weight is 664 g/mol. The SMILES string of the molecule is CC(C)c1ccc(-c2c(C#N)c(N)nc(SC3CC(=O)N(c4ccc(C(=O)OCC(=O)c5ccc(Cl)cc5)cc4)C3=O)c2C#N)cc1. The van der Waals surface area contributed by atoms with Crippen LogP contribution in [0.2, 0.25) is 5.02 Å². The minimum Gasteiger partial charge on any atom is -0.454 e. The molecule has 2 N–H and O–H groups in total. The summed E-state index contributed by atoms with van der Waals surface area (Å²) in [5.41, 5.74) is 8.96. The molecule has 1 unspecified atom stereocenters. The molecule has 10 nitrogen and oxygen atoms in total. The van der Waals surface area contributed by atoms with Crippen LogP contribution in [0.1, 0.15) is 63.6 Å². The lowest BCUT2D eigenvalue weighted by molar-refractivity contribution is -0.121. The normalized spacial score (nSPS) is 14.2. The minimum absolute atomic E-state index is 0.0478. The molecule has 0 spiro atoms. The van der Waals surface area contributed by atoms with Gasteiger partial charge in [0.15, 0.2) is 12.4 Å². The van der Waals surface area contributed by atoms with Gasteiger partial charge < -0.3 is 10.5 Å². The number of ether oxygens (including phenoxy) is 1. The molecule has 0 saturated carbocycles. The van der Waals surface area contributed by atoms with Crippen molar-refractivity contribution in [2.75, 3.05) is 17.2 Å². The number of aromatic nitrogens is 1. The predicted molar refractivity (Wildman–Crippen MR) is 177 cm³/mol. The summed E-state index contributed by atoms with van der Waals surface area (Å²) >= 11 is 6.77. The van der Waals surface area contributed by atoms with Gasteiger partial charge in [0.2, 0.25) is 11.8 Å². The Balaban J connectivity index is 1.32. The van der Waals surface area contributed by atoms with Crippen molar-refractivity contribution >= 4 is 58.4 Å². The molecule has 47 heavy (non-hydrogen) atoms. The van der Waals surface area contributed by atoms with Gasteiger partial charge in [0.1, 0.15) is 28.5 Å². The van der Waals surface area contributed by atoms with E-state index < -0.39 is 35.4 Å². The van der Waals surface area contributed by atoms with Crippen molar-refractivity contribution in [2.45, 2.75) is 36.5 Å². The second-order valence-electron chi connectivity index (χ2n) is 10.9. The molecule has 3 aromatic carbocycles. The third kappa shape index (κ3) is 6.87. The summed E-state index contributed by atoms with van der Waals surface area (Å²) in [4.78, 5) is 56.7. The number of pyridine rings is 1. The van der Waals surface area contributed by atoms with E-state index in [1.54, 1.807) is 12.1 Å². The van der Waals surface area contributed by atoms with Crippen LogP contribution in [-0.2, 0) is 14.3 Å². The molecule has 1 aliphatic heterocycles. The van der Waals surface area contributed by atoms with E-state index in [2.05, 4.69) is 24.9 Å². The van der Waals surface area contributed by atoms with E-state index in [0.717, 1.165) is 22.2 Å². The Labute approximate surface area is 279 Å². The fourth-order valence-corrected chi connectivity index (χ4v) is 6.23. The first-order valence-corrected chi connectivity index (χ1v) is 15.6. The molecule has 2 amide bonds. The summed E-state index contributed by atoms with van der Waals surface area (Å²) in [6.07, 6.45) is -0.176. The Morgan fingerprint density at radius 3 is 2.19 bits per heavy atom. The van der Waals surface area contributed by atoms with Crippen LogP contribution < -0.4 is 10.6 Å². The number of nitrogen functional groups attached to an aromatic ring is 1. The molecule has 1 saturated heterocycles. The number of carbonyl (C=O) groups excluding carboxylic acids is 4. The highest BCUT2D eigenvalue weighted by molar-refractivity contribution is 8.00. The molecule has 1 aliphatic rings. The quantitative estimate of drug-likeness (QED) is 0.122. The minimum atomic E-state index is -0.922. The number of benzene rings is 3. The van der Waals surface area contributed by atoms with Crippen molar-refractivity contribution in [3.63, 3.8) is 0 Å². The number of thioether (sulfide) groups is 1. The number of ketones is 1. The number of nitrogens with two attached hydrogens (primary N) is 1. The van der Waals surface area contributed by atoms with Gasteiger partial charge >= 0.3 is 5.97 Å². The standard InChI is InChI=1S/C35H26ClN5O5S/c1-19(2)20-3-5-22(6-4-20)31-26(16-37)32(39)40-33(27(31)17-38)47-29-15-30(43)41(34(29)44)25-13-9-23(10-14-25)35(45)46-18-28(42)21-7-11-24(36)12-8-21/h3-14,19,29H,15,18H2,1-2H3,(H2,39,40). The molecule has 5 rings (SSSR count). The number of imide groups is 1. The van der Waals surface area contributed by atoms with Crippen molar-refractivity contribution in [1.82, 2.24) is 4.98 Å². The lowest BCUT2D eigenvalue weighted by atomic mass is 9.94. The number of hydrogen-bond donors (Lipinski definition) is 1. The molecule has 4 aromatic rings. The van der Waals surface area contributed by atoms with Crippen LogP contribution in [-0.4, -0.2) is 40.4 Å². The lowest BCUT2D eigenvalue weighted by Crippen LogP contribution is -2.31. The molecule has 2 heterocycles. The largest absolute Gasteiger partial charge is 0.454 e. The number of Topliss-reactive ketones (excluding diaryl/α,β-unsaturated/α-hetero) is 1. The van der Waals surface area contributed by atoms with Gasteiger partial charge in [-0.15, -0.1) is 0 Å². The second-order valence-corrected chi connectivity index (χ2v) is 12.5. The highest BCUT2D eigenvalue weighted by atomic mass is 35.5. The first-order chi connectivity index (χ1) is 22.5. The number of nitriles is 2. The van der Waals surface area contributed by atoms with Gasteiger partial charge in [-0.2, -0.15) is 10.5 Å². The van der Waals surface area contributed by atoms with Crippen molar-refractivity contribution in [3.05, 3.63) is 106 Å². The van der Waals surface area contributed by atoms with Gasteiger partial charge in [0, 0.05) is 22.6 Å². The summed E-state index contributed by atoms with van der Waals surface area (Å²) in [6, 6.07) is 23.4. The van der Waals surface area contributed by atoms with E-state index in [-0.39, 0.29) is 45.6 Å². The molecule has 1 atom stereocenters. The third-order valence-corrected chi connectivity index (χ3v) is 8.93. The Morgan fingerprint density at radius 2 is 1.60 bits per heavy atom. The fraction of sp³-hybridized carbons (Fsp3) is 0.171. The molecule has 234 valence electrons. The van der Waals surface area contributed by atoms with Crippen LogP contribution >= 0.6 is 23.4 Å². The third-order valence-electron chi connectivity index (χ3n) is 7.50. The van der Waals surface area contributed by atoms with Crippen LogP contribution in [0.15, 0.2) is 77.8 Å². The van der Waals surface area contributed by atoms with Crippen molar-refractivity contribution in [1.29, 1.82) is 10.5 Å². The number of carbonyl (C=O) groups is 4. The highest BCUT2D eigenvalue weighted by Crippen LogP contribution is 2.40. The summed E-state index contributed by atoms with van der Waals surface area (Å²) < 4.78 is 5.14. The number of anilines is 2. The first kappa shape index (κ1) is 32.9. The van der Waals surface area contributed by atoms with Crippen LogP contribution in [0.3, 0.4) is 0 Å². The van der Waals surface area contributed by atoms with E-state index in [4.69, 9.17) is 22.1 Å². The van der Waals surface area contributed by atoms with Gasteiger partial charge in [-0.3, -0.25) is 14.4 Å². The predicted octanol–water partition coefficient (Wildman–Crippen LogP) is 6.31. The Bertz CT molecular complexity index is 1980. The summed E-state index contributed by atoms with van der Waals surface area (Å²) in [5, 5.41) is 19.7. The fourth-order valence-electron chi connectivity index (χ4n) is 4.99. The zero-order chi connectivity index (χ0) is 33.8. The maximum Gasteiger partial charge on any atom is 0.338 e. The molecule has 0 radical (unpaired) electrons. The number of esters is 1. The molecule has 1 fully saturated rings. The van der Waals surface area contributed by atoms with Gasteiger partial charge in [0.05, 0.1) is 22.1 Å². The number of amides is 2. The Morgan fingerprint density at radius 1 is 0.979 bits per heavy atom. The second kappa shape index (κ2) is 13.9. The monoisotopic (exact) mass is 663 g/mol. The summed E-state index contributed by atoms with van der Waals surface area (Å²) in [6.45, 7) is 3.62. The summed E-state index contributed by atoms with van der Waals surface area (Å²) in [7, 11) is 0. The zero-order valence-corrected chi connectivity index (χ0v) is 26.8. The van der Waals surface area contributed by atoms with Gasteiger partial charge in [-0.05, 0) is 65.6 Å². The topological polar surface area (TPSA) is 167 Å². The van der Waals surface area contributed by atoms with E-state index in [9.17, 15) is 29.7 Å². The molecular weight excluding hydrogens is 638 g/mol. The Hall–Kier alpha value is -5.49. The number of nitrogens with zero attached hydrogens (tertiary/aromatic N) is 4. The highest BCUT2D eigenvalue weighted by Gasteiger charge is 2.41.